The number of rotatable bonds is 2. The molecule has 3 aromatic carbocycles. The van der Waals surface area contributed by atoms with E-state index in [9.17, 15) is 0 Å². The lowest BCUT2D eigenvalue weighted by Gasteiger charge is -2.19. The van der Waals surface area contributed by atoms with Gasteiger partial charge in [-0.1, -0.05) is 74.9 Å². The SMILES string of the molecule is Cc1ccc2ncc3c(-c4ccccc4)nn(-c4ccc(C(C)(C)C)cc4)c3c2c1. The molecule has 5 rings (SSSR count). The molecule has 0 unspecified atom stereocenters. The van der Waals surface area contributed by atoms with Crippen molar-refractivity contribution < 1.29 is 0 Å². The third-order valence-electron chi connectivity index (χ3n) is 5.69. The second-order valence-corrected chi connectivity index (χ2v) is 8.96. The Labute approximate surface area is 177 Å². The summed E-state index contributed by atoms with van der Waals surface area (Å²) in [7, 11) is 0. The highest BCUT2D eigenvalue weighted by molar-refractivity contribution is 6.08. The fraction of sp³-hybridized carbons (Fsp3) is 0.185. The Kier molecular flexibility index (Phi) is 4.21. The van der Waals surface area contributed by atoms with Gasteiger partial charge in [0.2, 0.25) is 0 Å². The summed E-state index contributed by atoms with van der Waals surface area (Å²) in [4.78, 5) is 4.74. The normalized spacial score (nSPS) is 12.0. The molecule has 0 fully saturated rings. The summed E-state index contributed by atoms with van der Waals surface area (Å²) in [5, 5.41) is 7.27. The molecule has 0 aliphatic carbocycles. The van der Waals surface area contributed by atoms with Gasteiger partial charge in [-0.05, 0) is 42.2 Å². The van der Waals surface area contributed by atoms with Crippen molar-refractivity contribution >= 4 is 21.8 Å². The van der Waals surface area contributed by atoms with Crippen molar-refractivity contribution in [2.75, 3.05) is 0 Å². The Morgan fingerprint density at radius 3 is 2.23 bits per heavy atom. The van der Waals surface area contributed by atoms with Gasteiger partial charge in [0.25, 0.3) is 0 Å². The van der Waals surface area contributed by atoms with E-state index in [0.29, 0.717) is 0 Å². The summed E-state index contributed by atoms with van der Waals surface area (Å²) in [6.45, 7) is 8.83. The van der Waals surface area contributed by atoms with Crippen molar-refractivity contribution in [2.45, 2.75) is 33.1 Å². The molecule has 0 amide bonds. The first-order valence-electron chi connectivity index (χ1n) is 10.4. The maximum absolute atomic E-state index is 5.08. The smallest absolute Gasteiger partial charge is 0.102 e. The topological polar surface area (TPSA) is 30.7 Å². The van der Waals surface area contributed by atoms with Gasteiger partial charge in [0.15, 0.2) is 0 Å². The minimum absolute atomic E-state index is 0.119. The van der Waals surface area contributed by atoms with E-state index in [1.54, 1.807) is 0 Å². The van der Waals surface area contributed by atoms with Crippen LogP contribution < -0.4 is 0 Å². The number of pyridine rings is 1. The predicted octanol–water partition coefficient (Wildman–Crippen LogP) is 6.85. The van der Waals surface area contributed by atoms with Gasteiger partial charge >= 0.3 is 0 Å². The van der Waals surface area contributed by atoms with Gasteiger partial charge in [-0.2, -0.15) is 5.10 Å². The van der Waals surface area contributed by atoms with Crippen LogP contribution in [0, 0.1) is 6.92 Å². The maximum atomic E-state index is 5.08. The first-order chi connectivity index (χ1) is 14.4. The number of aromatic nitrogens is 3. The predicted molar refractivity (Wildman–Crippen MR) is 125 cm³/mol. The zero-order valence-electron chi connectivity index (χ0n) is 17.8. The first-order valence-corrected chi connectivity index (χ1v) is 10.4. The van der Waals surface area contributed by atoms with Crippen molar-refractivity contribution in [1.82, 2.24) is 14.8 Å². The monoisotopic (exact) mass is 391 g/mol. The molecular weight excluding hydrogens is 366 g/mol. The van der Waals surface area contributed by atoms with Crippen molar-refractivity contribution in [3.63, 3.8) is 0 Å². The van der Waals surface area contributed by atoms with E-state index >= 15 is 0 Å². The number of benzene rings is 3. The molecule has 2 aromatic heterocycles. The molecule has 0 saturated heterocycles. The Morgan fingerprint density at radius 1 is 0.800 bits per heavy atom. The molecule has 30 heavy (non-hydrogen) atoms. The van der Waals surface area contributed by atoms with E-state index in [1.807, 2.05) is 12.3 Å². The van der Waals surface area contributed by atoms with E-state index in [2.05, 4.69) is 99.1 Å². The molecule has 0 spiro atoms. The second-order valence-electron chi connectivity index (χ2n) is 8.96. The van der Waals surface area contributed by atoms with Crippen LogP contribution in [0.3, 0.4) is 0 Å². The summed E-state index contributed by atoms with van der Waals surface area (Å²) in [5.41, 5.74) is 7.86. The summed E-state index contributed by atoms with van der Waals surface area (Å²) in [6.07, 6.45) is 1.96. The minimum atomic E-state index is 0.119. The average molecular weight is 392 g/mol. The molecule has 3 nitrogen and oxygen atoms in total. The maximum Gasteiger partial charge on any atom is 0.102 e. The van der Waals surface area contributed by atoms with Gasteiger partial charge in [0, 0.05) is 22.5 Å². The van der Waals surface area contributed by atoms with Crippen LogP contribution in [-0.4, -0.2) is 14.8 Å². The number of hydrogen-bond acceptors (Lipinski definition) is 2. The quantitative estimate of drug-likeness (QED) is 0.329. The summed E-state index contributed by atoms with van der Waals surface area (Å²) >= 11 is 0. The third kappa shape index (κ3) is 3.07. The van der Waals surface area contributed by atoms with Crippen LogP contribution in [-0.2, 0) is 5.41 Å². The molecule has 5 aromatic rings. The molecule has 148 valence electrons. The van der Waals surface area contributed by atoms with E-state index in [4.69, 9.17) is 10.1 Å². The average Bonchev–Trinajstić information content (AvgIpc) is 3.14. The van der Waals surface area contributed by atoms with Gasteiger partial charge in [-0.25, -0.2) is 4.68 Å². The third-order valence-corrected chi connectivity index (χ3v) is 5.69. The molecule has 0 saturated carbocycles. The lowest BCUT2D eigenvalue weighted by molar-refractivity contribution is 0.590. The van der Waals surface area contributed by atoms with Gasteiger partial charge in [0.05, 0.1) is 16.7 Å². The Balaban J connectivity index is 1.83. The van der Waals surface area contributed by atoms with Gasteiger partial charge in [0.1, 0.15) is 5.69 Å². The number of hydrogen-bond donors (Lipinski definition) is 0. The fourth-order valence-corrected chi connectivity index (χ4v) is 4.00. The van der Waals surface area contributed by atoms with E-state index in [-0.39, 0.29) is 5.41 Å². The fourth-order valence-electron chi connectivity index (χ4n) is 4.00. The molecule has 0 aliphatic rings. The molecule has 0 N–H and O–H groups in total. The van der Waals surface area contributed by atoms with E-state index in [1.165, 1.54) is 11.1 Å². The van der Waals surface area contributed by atoms with Gasteiger partial charge < -0.3 is 0 Å². The largest absolute Gasteiger partial charge is 0.255 e. The number of aryl methyl sites for hydroxylation is 1. The zero-order valence-corrected chi connectivity index (χ0v) is 17.8. The van der Waals surface area contributed by atoms with Crippen LogP contribution in [0.2, 0.25) is 0 Å². The van der Waals surface area contributed by atoms with Crippen molar-refractivity contribution in [2.24, 2.45) is 0 Å². The highest BCUT2D eigenvalue weighted by Crippen LogP contribution is 2.34. The molecule has 0 bridgehead atoms. The first kappa shape index (κ1) is 18.6. The molecular formula is C27H25N3. The Morgan fingerprint density at radius 2 is 1.53 bits per heavy atom. The van der Waals surface area contributed by atoms with Gasteiger partial charge in [-0.15, -0.1) is 0 Å². The van der Waals surface area contributed by atoms with Crippen molar-refractivity contribution in [3.05, 3.63) is 90.1 Å². The van der Waals surface area contributed by atoms with Crippen LogP contribution in [0.15, 0.2) is 79.0 Å². The standard InChI is InChI=1S/C27H25N3/c1-18-10-15-24-22(16-18)26-23(17-28-24)25(19-8-6-5-7-9-19)29-30(26)21-13-11-20(12-14-21)27(2,3)4/h5-17H,1-4H3. The Bertz CT molecular complexity index is 1360. The van der Waals surface area contributed by atoms with Crippen LogP contribution in [0.1, 0.15) is 31.9 Å². The van der Waals surface area contributed by atoms with Crippen LogP contribution in [0.25, 0.3) is 38.8 Å². The van der Waals surface area contributed by atoms with E-state index in [0.717, 1.165) is 38.8 Å². The summed E-state index contributed by atoms with van der Waals surface area (Å²) in [5.74, 6) is 0. The lowest BCUT2D eigenvalue weighted by atomic mass is 9.87. The molecule has 2 heterocycles. The van der Waals surface area contributed by atoms with Crippen molar-refractivity contribution in [1.29, 1.82) is 0 Å². The van der Waals surface area contributed by atoms with Crippen LogP contribution in [0.5, 0.6) is 0 Å². The second kappa shape index (κ2) is 6.81. The van der Waals surface area contributed by atoms with Crippen molar-refractivity contribution in [3.8, 4) is 16.9 Å². The van der Waals surface area contributed by atoms with E-state index < -0.39 is 0 Å². The van der Waals surface area contributed by atoms with Gasteiger partial charge in [-0.3, -0.25) is 4.98 Å². The zero-order chi connectivity index (χ0) is 20.9. The molecule has 0 atom stereocenters. The number of fused-ring (bicyclic) bond motifs is 3. The molecule has 0 radical (unpaired) electrons. The lowest BCUT2D eigenvalue weighted by Crippen LogP contribution is -2.11. The van der Waals surface area contributed by atoms with Crippen LogP contribution >= 0.6 is 0 Å². The number of nitrogens with zero attached hydrogens (tertiary/aromatic N) is 3. The molecule has 0 aliphatic heterocycles. The Hall–Kier alpha value is -3.46. The summed E-state index contributed by atoms with van der Waals surface area (Å²) < 4.78 is 2.08. The molecule has 3 heteroatoms. The minimum Gasteiger partial charge on any atom is -0.255 e. The van der Waals surface area contributed by atoms with Crippen LogP contribution in [0.4, 0.5) is 0 Å². The summed E-state index contributed by atoms with van der Waals surface area (Å²) in [6, 6.07) is 25.5. The highest BCUT2D eigenvalue weighted by atomic mass is 15.3. The highest BCUT2D eigenvalue weighted by Gasteiger charge is 2.18.